The molecule has 0 saturated heterocycles. The zero-order valence-corrected chi connectivity index (χ0v) is 11.2. The number of alkyl halides is 3. The Labute approximate surface area is 124 Å². The van der Waals surface area contributed by atoms with E-state index in [1.54, 1.807) is 0 Å². The molecule has 0 saturated carbocycles. The predicted molar refractivity (Wildman–Crippen MR) is 76.5 cm³/mol. The van der Waals surface area contributed by atoms with Crippen molar-refractivity contribution in [2.45, 2.75) is 6.18 Å². The maximum Gasteiger partial charge on any atom is 0.416 e. The standard InChI is InChI=1S/C15H11F3N4/c16-15(17,18)11-7-4-8-12(9-11)19-14-20-13(21-22-14)10-5-2-1-3-6-10/h1-9H,(H2,19,20,21,22). The number of aromatic amines is 1. The van der Waals surface area contributed by atoms with Crippen LogP contribution < -0.4 is 5.32 Å². The van der Waals surface area contributed by atoms with Gasteiger partial charge >= 0.3 is 6.18 Å². The van der Waals surface area contributed by atoms with Crippen molar-refractivity contribution in [3.05, 3.63) is 60.2 Å². The van der Waals surface area contributed by atoms with Gasteiger partial charge in [-0.3, -0.25) is 0 Å². The molecule has 7 heteroatoms. The molecule has 0 spiro atoms. The minimum absolute atomic E-state index is 0.276. The molecule has 0 unspecified atom stereocenters. The van der Waals surface area contributed by atoms with E-state index in [2.05, 4.69) is 20.5 Å². The molecular formula is C15H11F3N4. The number of nitrogens with one attached hydrogen (secondary N) is 2. The smallest absolute Gasteiger partial charge is 0.324 e. The van der Waals surface area contributed by atoms with Crippen LogP contribution in [0.25, 0.3) is 11.4 Å². The van der Waals surface area contributed by atoms with E-state index < -0.39 is 11.7 Å². The second kappa shape index (κ2) is 5.51. The van der Waals surface area contributed by atoms with Gasteiger partial charge in [0.2, 0.25) is 5.95 Å². The molecule has 0 atom stereocenters. The maximum absolute atomic E-state index is 12.7. The number of H-pyrrole nitrogens is 1. The van der Waals surface area contributed by atoms with Gasteiger partial charge < -0.3 is 10.3 Å². The molecule has 0 radical (unpaired) electrons. The highest BCUT2D eigenvalue weighted by molar-refractivity contribution is 5.59. The lowest BCUT2D eigenvalue weighted by atomic mass is 10.2. The fourth-order valence-corrected chi connectivity index (χ4v) is 1.95. The molecule has 0 bridgehead atoms. The van der Waals surface area contributed by atoms with Crippen LogP contribution in [0.15, 0.2) is 54.6 Å². The summed E-state index contributed by atoms with van der Waals surface area (Å²) in [6.45, 7) is 0. The molecule has 2 N–H and O–H groups in total. The summed E-state index contributed by atoms with van der Waals surface area (Å²) in [5.74, 6) is 0.813. The molecule has 1 aromatic heterocycles. The summed E-state index contributed by atoms with van der Waals surface area (Å²) in [6.07, 6.45) is -4.38. The van der Waals surface area contributed by atoms with Crippen LogP contribution in [0.4, 0.5) is 24.8 Å². The van der Waals surface area contributed by atoms with Gasteiger partial charge in [-0.15, -0.1) is 10.2 Å². The van der Waals surface area contributed by atoms with Crippen LogP contribution in [0.1, 0.15) is 5.56 Å². The molecule has 3 aromatic rings. The van der Waals surface area contributed by atoms with Crippen molar-refractivity contribution >= 4 is 11.6 Å². The molecule has 2 aromatic carbocycles. The first-order valence-corrected chi connectivity index (χ1v) is 6.45. The van der Waals surface area contributed by atoms with E-state index in [9.17, 15) is 13.2 Å². The third-order valence-electron chi connectivity index (χ3n) is 2.99. The molecule has 22 heavy (non-hydrogen) atoms. The van der Waals surface area contributed by atoms with Crippen molar-refractivity contribution in [1.82, 2.24) is 15.2 Å². The van der Waals surface area contributed by atoms with Gasteiger partial charge in [0.1, 0.15) is 0 Å². The number of anilines is 2. The van der Waals surface area contributed by atoms with Crippen molar-refractivity contribution in [2.75, 3.05) is 5.32 Å². The van der Waals surface area contributed by atoms with E-state index >= 15 is 0 Å². The SMILES string of the molecule is FC(F)(F)c1cccc(Nc2nnc(-c3ccccc3)[nH]2)c1. The van der Waals surface area contributed by atoms with E-state index in [-0.39, 0.29) is 11.6 Å². The van der Waals surface area contributed by atoms with E-state index in [0.29, 0.717) is 5.82 Å². The number of aromatic nitrogens is 3. The molecule has 0 aliphatic carbocycles. The molecular weight excluding hydrogens is 293 g/mol. The molecule has 3 rings (SSSR count). The monoisotopic (exact) mass is 304 g/mol. The van der Waals surface area contributed by atoms with Crippen molar-refractivity contribution in [2.24, 2.45) is 0 Å². The molecule has 112 valence electrons. The minimum Gasteiger partial charge on any atom is -0.324 e. The first kappa shape index (κ1) is 14.1. The van der Waals surface area contributed by atoms with Gasteiger partial charge in [0, 0.05) is 11.3 Å². The molecule has 4 nitrogen and oxygen atoms in total. The Morgan fingerprint density at radius 1 is 0.909 bits per heavy atom. The van der Waals surface area contributed by atoms with E-state index in [1.807, 2.05) is 30.3 Å². The summed E-state index contributed by atoms with van der Waals surface area (Å²) in [4.78, 5) is 2.92. The number of hydrogen-bond acceptors (Lipinski definition) is 3. The summed E-state index contributed by atoms with van der Waals surface area (Å²) in [7, 11) is 0. The fraction of sp³-hybridized carbons (Fsp3) is 0.0667. The predicted octanol–water partition coefficient (Wildman–Crippen LogP) is 4.23. The molecule has 0 fully saturated rings. The summed E-state index contributed by atoms with van der Waals surface area (Å²) in [6, 6.07) is 14.2. The van der Waals surface area contributed by atoms with Gasteiger partial charge in [-0.25, -0.2) is 0 Å². The summed E-state index contributed by atoms with van der Waals surface area (Å²) in [5, 5.41) is 10.6. The summed E-state index contributed by atoms with van der Waals surface area (Å²) < 4.78 is 38.0. The highest BCUT2D eigenvalue weighted by Crippen LogP contribution is 2.31. The summed E-state index contributed by atoms with van der Waals surface area (Å²) >= 11 is 0. The van der Waals surface area contributed by atoms with Gasteiger partial charge in [-0.05, 0) is 18.2 Å². The Morgan fingerprint density at radius 3 is 2.41 bits per heavy atom. The normalized spacial score (nSPS) is 11.4. The first-order valence-electron chi connectivity index (χ1n) is 6.45. The Kier molecular flexibility index (Phi) is 3.54. The highest BCUT2D eigenvalue weighted by Gasteiger charge is 2.30. The maximum atomic E-state index is 12.7. The van der Waals surface area contributed by atoms with E-state index in [1.165, 1.54) is 12.1 Å². The van der Waals surface area contributed by atoms with E-state index in [4.69, 9.17) is 0 Å². The van der Waals surface area contributed by atoms with Gasteiger partial charge in [-0.1, -0.05) is 36.4 Å². The van der Waals surface area contributed by atoms with Crippen LogP contribution in [-0.2, 0) is 6.18 Å². The lowest BCUT2D eigenvalue weighted by Gasteiger charge is -2.08. The first-order chi connectivity index (χ1) is 10.5. The fourth-order valence-electron chi connectivity index (χ4n) is 1.95. The average Bonchev–Trinajstić information content (AvgIpc) is 2.96. The Balaban J connectivity index is 1.81. The Bertz CT molecular complexity index is 766. The van der Waals surface area contributed by atoms with Crippen LogP contribution in [0.3, 0.4) is 0 Å². The number of nitrogens with zero attached hydrogens (tertiary/aromatic N) is 2. The molecule has 0 aliphatic heterocycles. The Hall–Kier alpha value is -2.83. The van der Waals surface area contributed by atoms with Gasteiger partial charge in [0.05, 0.1) is 5.56 Å². The number of halogens is 3. The molecule has 0 amide bonds. The third-order valence-corrected chi connectivity index (χ3v) is 2.99. The van der Waals surface area contributed by atoms with Crippen LogP contribution in [-0.4, -0.2) is 15.2 Å². The number of rotatable bonds is 3. The number of hydrogen-bond donors (Lipinski definition) is 2. The van der Waals surface area contributed by atoms with Crippen LogP contribution >= 0.6 is 0 Å². The topological polar surface area (TPSA) is 53.6 Å². The van der Waals surface area contributed by atoms with Gasteiger partial charge in [0.15, 0.2) is 5.82 Å². The number of benzene rings is 2. The second-order valence-corrected chi connectivity index (χ2v) is 4.59. The largest absolute Gasteiger partial charge is 0.416 e. The van der Waals surface area contributed by atoms with Crippen LogP contribution in [0.5, 0.6) is 0 Å². The highest BCUT2D eigenvalue weighted by atomic mass is 19.4. The molecule has 0 aliphatic rings. The van der Waals surface area contributed by atoms with Crippen molar-refractivity contribution in [3.63, 3.8) is 0 Å². The molecule has 1 heterocycles. The summed E-state index contributed by atoms with van der Waals surface area (Å²) in [5.41, 5.74) is 0.401. The lowest BCUT2D eigenvalue weighted by Crippen LogP contribution is -2.05. The van der Waals surface area contributed by atoms with Crippen molar-refractivity contribution in [3.8, 4) is 11.4 Å². The lowest BCUT2D eigenvalue weighted by molar-refractivity contribution is -0.137. The average molecular weight is 304 g/mol. The van der Waals surface area contributed by atoms with Crippen molar-refractivity contribution < 1.29 is 13.2 Å². The van der Waals surface area contributed by atoms with Gasteiger partial charge in [-0.2, -0.15) is 13.2 Å². The quantitative estimate of drug-likeness (QED) is 0.761. The minimum atomic E-state index is -4.38. The zero-order valence-electron chi connectivity index (χ0n) is 11.2. The Morgan fingerprint density at radius 2 is 1.68 bits per heavy atom. The third kappa shape index (κ3) is 3.08. The van der Waals surface area contributed by atoms with Gasteiger partial charge in [0.25, 0.3) is 0 Å². The van der Waals surface area contributed by atoms with Crippen LogP contribution in [0, 0.1) is 0 Å². The second-order valence-electron chi connectivity index (χ2n) is 4.59. The van der Waals surface area contributed by atoms with Crippen molar-refractivity contribution in [1.29, 1.82) is 0 Å². The zero-order chi connectivity index (χ0) is 15.6. The van der Waals surface area contributed by atoms with Crippen LogP contribution in [0.2, 0.25) is 0 Å². The van der Waals surface area contributed by atoms with E-state index in [0.717, 1.165) is 17.7 Å².